The number of amides is 1. The summed E-state index contributed by atoms with van der Waals surface area (Å²) in [6.45, 7) is 2.59. The molecule has 0 radical (unpaired) electrons. The number of hydrogen-bond donors (Lipinski definition) is 2. The molecule has 2 N–H and O–H groups in total. The third-order valence-electron chi connectivity index (χ3n) is 5.39. The molecule has 30 heavy (non-hydrogen) atoms. The molecule has 0 aliphatic carbocycles. The Morgan fingerprint density at radius 2 is 2.00 bits per heavy atom. The number of rotatable bonds is 5. The predicted octanol–water partition coefficient (Wildman–Crippen LogP) is 4.18. The van der Waals surface area contributed by atoms with Gasteiger partial charge < -0.3 is 10.3 Å². The summed E-state index contributed by atoms with van der Waals surface area (Å²) in [6.07, 6.45) is 6.28. The molecule has 6 nitrogen and oxygen atoms in total. The first-order valence-electron chi connectivity index (χ1n) is 9.93. The molecule has 0 aliphatic rings. The number of nitrogens with zero attached hydrogens (tertiary/aromatic N) is 3. The second-order valence-corrected chi connectivity index (χ2v) is 7.33. The number of pyridine rings is 1. The minimum absolute atomic E-state index is 0.0894. The minimum atomic E-state index is -0.0894. The highest BCUT2D eigenvalue weighted by Gasteiger charge is 2.12. The quantitative estimate of drug-likeness (QED) is 0.469. The zero-order valence-corrected chi connectivity index (χ0v) is 16.6. The van der Waals surface area contributed by atoms with Crippen LogP contribution in [-0.4, -0.2) is 32.0 Å². The summed E-state index contributed by atoms with van der Waals surface area (Å²) in [6, 6.07) is 17.7. The number of aryl methyl sites for hydroxylation is 1. The lowest BCUT2D eigenvalue weighted by Gasteiger charge is -2.11. The van der Waals surface area contributed by atoms with Crippen LogP contribution in [0.4, 0.5) is 0 Å². The van der Waals surface area contributed by atoms with Gasteiger partial charge in [0, 0.05) is 35.4 Å². The van der Waals surface area contributed by atoms with Crippen molar-refractivity contribution < 1.29 is 4.79 Å². The van der Waals surface area contributed by atoms with E-state index in [1.807, 2.05) is 60.2 Å². The summed E-state index contributed by atoms with van der Waals surface area (Å²) in [5.41, 5.74) is 6.49. The van der Waals surface area contributed by atoms with E-state index in [1.165, 1.54) is 10.9 Å². The fourth-order valence-corrected chi connectivity index (χ4v) is 3.79. The summed E-state index contributed by atoms with van der Waals surface area (Å²) in [5, 5.41) is 4.24. The second kappa shape index (κ2) is 7.48. The number of aromatic nitrogens is 4. The van der Waals surface area contributed by atoms with Gasteiger partial charge >= 0.3 is 0 Å². The lowest BCUT2D eigenvalue weighted by Crippen LogP contribution is -2.25. The van der Waals surface area contributed by atoms with Gasteiger partial charge in [0.2, 0.25) is 0 Å². The largest absolute Gasteiger partial charge is 0.361 e. The van der Waals surface area contributed by atoms with E-state index in [0.717, 1.165) is 34.4 Å². The highest BCUT2D eigenvalue weighted by atomic mass is 16.1. The number of H-pyrrole nitrogens is 1. The molecule has 0 spiro atoms. The van der Waals surface area contributed by atoms with E-state index in [2.05, 4.69) is 32.4 Å². The smallest absolute Gasteiger partial charge is 0.251 e. The first kappa shape index (κ1) is 18.1. The van der Waals surface area contributed by atoms with E-state index < -0.39 is 0 Å². The Balaban J connectivity index is 1.34. The van der Waals surface area contributed by atoms with E-state index in [9.17, 15) is 4.79 Å². The zero-order chi connectivity index (χ0) is 20.5. The zero-order valence-electron chi connectivity index (χ0n) is 16.6. The summed E-state index contributed by atoms with van der Waals surface area (Å²) in [5.74, 6) is -0.0894. The van der Waals surface area contributed by atoms with Gasteiger partial charge in [0.25, 0.3) is 5.91 Å². The van der Waals surface area contributed by atoms with Crippen LogP contribution in [0.25, 0.3) is 27.8 Å². The topological polar surface area (TPSA) is 75.6 Å². The van der Waals surface area contributed by atoms with E-state index in [4.69, 9.17) is 0 Å². The van der Waals surface area contributed by atoms with Crippen molar-refractivity contribution in [2.45, 2.75) is 13.3 Å². The van der Waals surface area contributed by atoms with E-state index >= 15 is 0 Å². The van der Waals surface area contributed by atoms with Crippen LogP contribution >= 0.6 is 0 Å². The predicted molar refractivity (Wildman–Crippen MR) is 118 cm³/mol. The number of para-hydroxylation sites is 1. The number of carbonyl (C=O) groups excluding carboxylic acids is 1. The lowest BCUT2D eigenvalue weighted by molar-refractivity contribution is 0.0954. The van der Waals surface area contributed by atoms with Crippen molar-refractivity contribution in [3.8, 4) is 5.69 Å². The van der Waals surface area contributed by atoms with Crippen molar-refractivity contribution in [1.82, 2.24) is 24.8 Å². The molecule has 1 amide bonds. The monoisotopic (exact) mass is 395 g/mol. The normalized spacial score (nSPS) is 11.2. The van der Waals surface area contributed by atoms with E-state index in [-0.39, 0.29) is 5.91 Å². The maximum Gasteiger partial charge on any atom is 0.251 e. The van der Waals surface area contributed by atoms with Gasteiger partial charge in [-0.3, -0.25) is 9.36 Å². The van der Waals surface area contributed by atoms with Gasteiger partial charge in [-0.2, -0.15) is 0 Å². The summed E-state index contributed by atoms with van der Waals surface area (Å²) < 4.78 is 1.92. The molecule has 148 valence electrons. The van der Waals surface area contributed by atoms with E-state index in [1.54, 1.807) is 12.5 Å². The SMILES string of the molecule is Cc1ccc(C(=O)NCCc2c[nH]c3ccccc23)cc1-n1cnc2cccnc21. The average molecular weight is 395 g/mol. The standard InChI is InChI=1S/C24H21N5O/c1-16-8-9-17(13-22(16)29-15-28-21-7-4-11-25-23(21)29)24(30)26-12-10-18-14-27-20-6-3-2-5-19(18)20/h2-9,11,13-15,27H,10,12H2,1H3,(H,26,30). The van der Waals surface area contributed by atoms with Crippen LogP contribution in [0.15, 0.2) is 73.3 Å². The molecule has 0 saturated heterocycles. The van der Waals surface area contributed by atoms with Crippen LogP contribution in [-0.2, 0) is 6.42 Å². The van der Waals surface area contributed by atoms with Crippen molar-refractivity contribution in [2.75, 3.05) is 6.54 Å². The van der Waals surface area contributed by atoms with Gasteiger partial charge in [0.1, 0.15) is 11.8 Å². The number of carbonyl (C=O) groups is 1. The summed E-state index contributed by atoms with van der Waals surface area (Å²) in [4.78, 5) is 24.9. The fraction of sp³-hybridized carbons (Fsp3) is 0.125. The first-order valence-corrected chi connectivity index (χ1v) is 9.93. The number of aromatic amines is 1. The molecular weight excluding hydrogens is 374 g/mol. The van der Waals surface area contributed by atoms with Crippen molar-refractivity contribution in [3.63, 3.8) is 0 Å². The molecule has 2 aromatic carbocycles. The second-order valence-electron chi connectivity index (χ2n) is 7.33. The van der Waals surface area contributed by atoms with Crippen molar-refractivity contribution in [1.29, 1.82) is 0 Å². The Kier molecular flexibility index (Phi) is 4.52. The Morgan fingerprint density at radius 3 is 2.93 bits per heavy atom. The molecule has 0 bridgehead atoms. The van der Waals surface area contributed by atoms with Crippen molar-refractivity contribution in [3.05, 3.63) is 90.0 Å². The van der Waals surface area contributed by atoms with Gasteiger partial charge in [-0.1, -0.05) is 24.3 Å². The number of fused-ring (bicyclic) bond motifs is 2. The molecule has 3 aromatic heterocycles. The van der Waals surface area contributed by atoms with Crippen molar-refractivity contribution in [2.24, 2.45) is 0 Å². The number of nitrogens with one attached hydrogen (secondary N) is 2. The van der Waals surface area contributed by atoms with Crippen LogP contribution in [0.1, 0.15) is 21.5 Å². The number of hydrogen-bond acceptors (Lipinski definition) is 3. The van der Waals surface area contributed by atoms with Gasteiger partial charge in [-0.05, 0) is 54.8 Å². The molecule has 5 aromatic rings. The molecule has 6 heteroatoms. The molecule has 0 aliphatic heterocycles. The number of imidazole rings is 1. The summed E-state index contributed by atoms with van der Waals surface area (Å²) >= 11 is 0. The molecular formula is C24H21N5O. The fourth-order valence-electron chi connectivity index (χ4n) is 3.79. The lowest BCUT2D eigenvalue weighted by atomic mass is 10.1. The molecule has 5 rings (SSSR count). The highest BCUT2D eigenvalue weighted by Crippen LogP contribution is 2.21. The van der Waals surface area contributed by atoms with E-state index in [0.29, 0.717) is 12.1 Å². The molecule has 3 heterocycles. The molecule has 0 unspecified atom stereocenters. The third kappa shape index (κ3) is 3.22. The Labute approximate surface area is 173 Å². The maximum absolute atomic E-state index is 12.8. The molecule has 0 saturated carbocycles. The van der Waals surface area contributed by atoms with Crippen LogP contribution < -0.4 is 5.32 Å². The van der Waals surface area contributed by atoms with Gasteiger partial charge in [-0.15, -0.1) is 0 Å². The van der Waals surface area contributed by atoms with Crippen LogP contribution in [0.2, 0.25) is 0 Å². The molecule has 0 fully saturated rings. The average Bonchev–Trinajstić information content (AvgIpc) is 3.39. The van der Waals surface area contributed by atoms with Crippen molar-refractivity contribution >= 4 is 28.0 Å². The van der Waals surface area contributed by atoms with Crippen LogP contribution in [0.5, 0.6) is 0 Å². The van der Waals surface area contributed by atoms with Gasteiger partial charge in [-0.25, -0.2) is 9.97 Å². The Bertz CT molecular complexity index is 1360. The molecule has 0 atom stereocenters. The summed E-state index contributed by atoms with van der Waals surface area (Å²) in [7, 11) is 0. The Morgan fingerprint density at radius 1 is 1.10 bits per heavy atom. The van der Waals surface area contributed by atoms with Gasteiger partial charge in [0.15, 0.2) is 5.65 Å². The first-order chi connectivity index (χ1) is 14.7. The highest BCUT2D eigenvalue weighted by molar-refractivity contribution is 5.95. The Hall–Kier alpha value is -3.93. The maximum atomic E-state index is 12.8. The van der Waals surface area contributed by atoms with Gasteiger partial charge in [0.05, 0.1) is 5.69 Å². The minimum Gasteiger partial charge on any atom is -0.361 e. The third-order valence-corrected chi connectivity index (χ3v) is 5.39. The number of benzene rings is 2. The van der Waals surface area contributed by atoms with Crippen LogP contribution in [0, 0.1) is 6.92 Å². The van der Waals surface area contributed by atoms with Crippen LogP contribution in [0.3, 0.4) is 0 Å².